The number of benzene rings is 1. The Hall–Kier alpha value is -1.35. The van der Waals surface area contributed by atoms with E-state index in [9.17, 15) is 9.50 Å². The third-order valence-electron chi connectivity index (χ3n) is 2.98. The van der Waals surface area contributed by atoms with Crippen LogP contribution in [0.3, 0.4) is 0 Å². The van der Waals surface area contributed by atoms with Gasteiger partial charge in [0.1, 0.15) is 5.82 Å². The van der Waals surface area contributed by atoms with Gasteiger partial charge in [-0.2, -0.15) is 0 Å². The van der Waals surface area contributed by atoms with E-state index in [0.29, 0.717) is 0 Å². The van der Waals surface area contributed by atoms with Crippen molar-refractivity contribution >= 4 is 10.9 Å². The fourth-order valence-corrected chi connectivity index (χ4v) is 1.95. The number of halogens is 1. The number of fused-ring (bicyclic) bond motifs is 1. The van der Waals surface area contributed by atoms with E-state index in [0.717, 1.165) is 16.6 Å². The molecule has 16 heavy (non-hydrogen) atoms. The Morgan fingerprint density at radius 3 is 2.56 bits per heavy atom. The summed E-state index contributed by atoms with van der Waals surface area (Å²) >= 11 is 0. The second-order valence-electron chi connectivity index (χ2n) is 4.52. The number of aryl methyl sites for hydroxylation is 1. The van der Waals surface area contributed by atoms with E-state index < -0.39 is 6.10 Å². The van der Waals surface area contributed by atoms with Gasteiger partial charge in [0.2, 0.25) is 0 Å². The Balaban J connectivity index is 2.60. The molecule has 0 saturated carbocycles. The topological polar surface area (TPSA) is 25.2 Å². The van der Waals surface area contributed by atoms with E-state index in [1.807, 2.05) is 31.5 Å². The Bertz CT molecular complexity index is 516. The Kier molecular flexibility index (Phi) is 2.72. The lowest BCUT2D eigenvalue weighted by molar-refractivity contribution is 0.120. The highest BCUT2D eigenvalue weighted by Crippen LogP contribution is 2.27. The molecule has 2 aromatic rings. The number of hydrogen-bond donors (Lipinski definition) is 1. The maximum Gasteiger partial charge on any atom is 0.125 e. The Labute approximate surface area is 94.3 Å². The number of aromatic nitrogens is 1. The lowest BCUT2D eigenvalue weighted by Crippen LogP contribution is -2.09. The van der Waals surface area contributed by atoms with Gasteiger partial charge in [-0.15, -0.1) is 0 Å². The predicted octanol–water partition coefficient (Wildman–Crippen LogP) is 3.01. The molecular formula is C13H16FNO. The number of rotatable bonds is 2. The van der Waals surface area contributed by atoms with E-state index in [4.69, 9.17) is 0 Å². The summed E-state index contributed by atoms with van der Waals surface area (Å²) < 4.78 is 15.0. The van der Waals surface area contributed by atoms with Crippen molar-refractivity contribution in [1.82, 2.24) is 4.57 Å². The molecule has 2 rings (SSSR count). The molecule has 2 nitrogen and oxygen atoms in total. The van der Waals surface area contributed by atoms with E-state index in [2.05, 4.69) is 0 Å². The van der Waals surface area contributed by atoms with Crippen LogP contribution in [0.4, 0.5) is 4.39 Å². The van der Waals surface area contributed by atoms with E-state index in [1.54, 1.807) is 6.07 Å². The molecule has 86 valence electrons. The summed E-state index contributed by atoms with van der Waals surface area (Å²) in [6.45, 7) is 3.92. The number of nitrogens with zero attached hydrogens (tertiary/aromatic N) is 1. The molecule has 3 heteroatoms. The average Bonchev–Trinajstić information content (AvgIpc) is 2.55. The fraction of sp³-hybridized carbons (Fsp3) is 0.385. The van der Waals surface area contributed by atoms with Crippen molar-refractivity contribution < 1.29 is 9.50 Å². The molecule has 0 saturated heterocycles. The molecule has 0 fully saturated rings. The minimum Gasteiger partial charge on any atom is -0.387 e. The summed E-state index contributed by atoms with van der Waals surface area (Å²) in [7, 11) is 1.85. The lowest BCUT2D eigenvalue weighted by Gasteiger charge is -2.15. The van der Waals surface area contributed by atoms with Gasteiger partial charge in [0, 0.05) is 18.1 Å². The Morgan fingerprint density at radius 2 is 1.94 bits per heavy atom. The molecule has 1 N–H and O–H groups in total. The molecule has 1 aromatic carbocycles. The van der Waals surface area contributed by atoms with Crippen molar-refractivity contribution in [3.8, 4) is 0 Å². The Morgan fingerprint density at radius 1 is 1.25 bits per heavy atom. The fourth-order valence-electron chi connectivity index (χ4n) is 1.95. The van der Waals surface area contributed by atoms with Crippen LogP contribution in [-0.4, -0.2) is 9.67 Å². The van der Waals surface area contributed by atoms with Crippen molar-refractivity contribution in [2.45, 2.75) is 20.0 Å². The van der Waals surface area contributed by atoms with Crippen LogP contribution in [0.15, 0.2) is 24.3 Å². The molecule has 0 amide bonds. The first-order chi connectivity index (χ1) is 7.50. The molecule has 0 aliphatic heterocycles. The highest BCUT2D eigenvalue weighted by Gasteiger charge is 2.17. The molecule has 1 aromatic heterocycles. The summed E-state index contributed by atoms with van der Waals surface area (Å²) in [5.74, 6) is -0.104. The first-order valence-corrected chi connectivity index (χ1v) is 5.43. The van der Waals surface area contributed by atoms with Crippen LogP contribution >= 0.6 is 0 Å². The van der Waals surface area contributed by atoms with Crippen molar-refractivity contribution in [2.75, 3.05) is 0 Å². The minimum atomic E-state index is -0.513. The average molecular weight is 221 g/mol. The van der Waals surface area contributed by atoms with Crippen molar-refractivity contribution in [2.24, 2.45) is 13.0 Å². The quantitative estimate of drug-likeness (QED) is 0.828. The van der Waals surface area contributed by atoms with Crippen LogP contribution in [0.5, 0.6) is 0 Å². The third kappa shape index (κ3) is 1.71. The van der Waals surface area contributed by atoms with E-state index >= 15 is 0 Å². The van der Waals surface area contributed by atoms with Gasteiger partial charge < -0.3 is 9.67 Å². The zero-order chi connectivity index (χ0) is 11.9. The smallest absolute Gasteiger partial charge is 0.125 e. The zero-order valence-corrected chi connectivity index (χ0v) is 9.74. The molecule has 1 atom stereocenters. The maximum absolute atomic E-state index is 13.1. The highest BCUT2D eigenvalue weighted by molar-refractivity contribution is 5.81. The molecule has 0 aliphatic rings. The maximum atomic E-state index is 13.1. The SMILES string of the molecule is CC(C)C(O)c1cc2ccc(F)cc2n1C. The van der Waals surface area contributed by atoms with Gasteiger partial charge in [-0.3, -0.25) is 0 Å². The van der Waals surface area contributed by atoms with E-state index in [-0.39, 0.29) is 11.7 Å². The molecule has 0 spiro atoms. The van der Waals surface area contributed by atoms with Crippen LogP contribution in [-0.2, 0) is 7.05 Å². The van der Waals surface area contributed by atoms with Crippen LogP contribution in [0.1, 0.15) is 25.6 Å². The highest BCUT2D eigenvalue weighted by atomic mass is 19.1. The molecule has 0 aliphatic carbocycles. The standard InChI is InChI=1S/C13H16FNO/c1-8(2)13(16)12-6-9-4-5-10(14)7-11(9)15(12)3/h4-8,13,16H,1-3H3. The molecule has 0 bridgehead atoms. The van der Waals surface area contributed by atoms with Crippen LogP contribution in [0.25, 0.3) is 10.9 Å². The van der Waals surface area contributed by atoms with Crippen molar-refractivity contribution in [3.05, 3.63) is 35.8 Å². The number of hydrogen-bond acceptors (Lipinski definition) is 1. The van der Waals surface area contributed by atoms with Gasteiger partial charge >= 0.3 is 0 Å². The molecular weight excluding hydrogens is 205 g/mol. The number of aliphatic hydroxyl groups excluding tert-OH is 1. The van der Waals surface area contributed by atoms with Gasteiger partial charge in [-0.1, -0.05) is 13.8 Å². The summed E-state index contributed by atoms with van der Waals surface area (Å²) in [6, 6.07) is 6.58. The van der Waals surface area contributed by atoms with Crippen LogP contribution < -0.4 is 0 Å². The van der Waals surface area contributed by atoms with E-state index in [1.165, 1.54) is 12.1 Å². The van der Waals surface area contributed by atoms with Crippen LogP contribution in [0, 0.1) is 11.7 Å². The molecule has 1 unspecified atom stereocenters. The number of aliphatic hydroxyl groups is 1. The normalized spacial score (nSPS) is 13.6. The third-order valence-corrected chi connectivity index (χ3v) is 2.98. The predicted molar refractivity (Wildman–Crippen MR) is 62.7 cm³/mol. The first kappa shape index (κ1) is 11.1. The van der Waals surface area contributed by atoms with Gasteiger partial charge in [0.25, 0.3) is 0 Å². The monoisotopic (exact) mass is 221 g/mol. The summed E-state index contributed by atoms with van der Waals surface area (Å²) in [5.41, 5.74) is 1.64. The minimum absolute atomic E-state index is 0.146. The van der Waals surface area contributed by atoms with Crippen molar-refractivity contribution in [3.63, 3.8) is 0 Å². The molecule has 1 heterocycles. The second-order valence-corrected chi connectivity index (χ2v) is 4.52. The summed E-state index contributed by atoms with van der Waals surface area (Å²) in [4.78, 5) is 0. The van der Waals surface area contributed by atoms with Gasteiger partial charge in [-0.05, 0) is 30.2 Å². The lowest BCUT2D eigenvalue weighted by atomic mass is 10.0. The van der Waals surface area contributed by atoms with Gasteiger partial charge in [0.15, 0.2) is 0 Å². The van der Waals surface area contributed by atoms with Gasteiger partial charge in [-0.25, -0.2) is 4.39 Å². The molecule has 0 radical (unpaired) electrons. The second kappa shape index (κ2) is 3.91. The van der Waals surface area contributed by atoms with Crippen LogP contribution in [0.2, 0.25) is 0 Å². The largest absolute Gasteiger partial charge is 0.387 e. The van der Waals surface area contributed by atoms with Gasteiger partial charge in [0.05, 0.1) is 11.6 Å². The van der Waals surface area contributed by atoms with Crippen molar-refractivity contribution in [1.29, 1.82) is 0 Å². The zero-order valence-electron chi connectivity index (χ0n) is 9.74. The summed E-state index contributed by atoms with van der Waals surface area (Å²) in [5, 5.41) is 11.0. The summed E-state index contributed by atoms with van der Waals surface area (Å²) in [6.07, 6.45) is -0.513. The first-order valence-electron chi connectivity index (χ1n) is 5.43.